The van der Waals surface area contributed by atoms with Crippen molar-refractivity contribution in [2.45, 2.75) is 19.9 Å². The molecule has 0 aliphatic carbocycles. The first-order valence-electron chi connectivity index (χ1n) is 7.87. The number of carbonyl (C=O) groups excluding carboxylic acids is 2. The third-order valence-electron chi connectivity index (χ3n) is 4.26. The number of hydrogen-bond donors (Lipinski definition) is 1. The monoisotopic (exact) mass is 339 g/mol. The van der Waals surface area contributed by atoms with Crippen LogP contribution in [-0.4, -0.2) is 28.2 Å². The van der Waals surface area contributed by atoms with E-state index >= 15 is 0 Å². The van der Waals surface area contributed by atoms with Crippen molar-refractivity contribution in [1.82, 2.24) is 4.90 Å². The van der Waals surface area contributed by atoms with Crippen LogP contribution in [0.1, 0.15) is 28.4 Å². The molecule has 0 spiro atoms. The van der Waals surface area contributed by atoms with Gasteiger partial charge in [-0.3, -0.25) is 19.7 Å². The van der Waals surface area contributed by atoms with Gasteiger partial charge in [0.2, 0.25) is 5.91 Å². The molecule has 0 atom stereocenters. The van der Waals surface area contributed by atoms with Crippen LogP contribution in [0.2, 0.25) is 0 Å². The van der Waals surface area contributed by atoms with E-state index in [-0.39, 0.29) is 17.5 Å². The number of nitro groups is 1. The highest BCUT2D eigenvalue weighted by Gasteiger charge is 2.18. The summed E-state index contributed by atoms with van der Waals surface area (Å²) in [5.41, 5.74) is 3.10. The number of anilines is 1. The highest BCUT2D eigenvalue weighted by atomic mass is 16.6. The molecule has 1 N–H and O–H groups in total. The van der Waals surface area contributed by atoms with Crippen LogP contribution >= 0.6 is 0 Å². The fourth-order valence-electron chi connectivity index (χ4n) is 2.84. The number of hydrogen-bond acceptors (Lipinski definition) is 4. The minimum absolute atomic E-state index is 0.0333. The number of rotatable bonds is 3. The first-order chi connectivity index (χ1) is 11.9. The number of nitro benzene ring substituents is 1. The highest BCUT2D eigenvalue weighted by Crippen LogP contribution is 2.23. The quantitative estimate of drug-likeness (QED) is 0.687. The van der Waals surface area contributed by atoms with E-state index in [1.54, 1.807) is 11.8 Å². The van der Waals surface area contributed by atoms with E-state index in [0.29, 0.717) is 24.3 Å². The summed E-state index contributed by atoms with van der Waals surface area (Å²) in [5.74, 6) is -0.306. The van der Waals surface area contributed by atoms with E-state index in [4.69, 9.17) is 0 Å². The molecule has 2 aromatic carbocycles. The number of benzene rings is 2. The van der Waals surface area contributed by atoms with Crippen LogP contribution in [0.4, 0.5) is 11.4 Å². The van der Waals surface area contributed by atoms with Crippen molar-refractivity contribution < 1.29 is 14.5 Å². The van der Waals surface area contributed by atoms with Crippen LogP contribution in [-0.2, 0) is 17.8 Å². The Hall–Kier alpha value is -3.22. The normalized spacial score (nSPS) is 13.1. The largest absolute Gasteiger partial charge is 0.338 e. The van der Waals surface area contributed by atoms with Crippen molar-refractivity contribution in [2.24, 2.45) is 0 Å². The predicted molar refractivity (Wildman–Crippen MR) is 92.3 cm³/mol. The number of nitrogens with one attached hydrogen (secondary N) is 1. The molecule has 7 heteroatoms. The summed E-state index contributed by atoms with van der Waals surface area (Å²) in [6.45, 7) is 2.79. The van der Waals surface area contributed by atoms with Crippen molar-refractivity contribution in [1.29, 1.82) is 0 Å². The van der Waals surface area contributed by atoms with Gasteiger partial charge in [-0.2, -0.15) is 0 Å². The fraction of sp³-hybridized carbons (Fsp3) is 0.222. The lowest BCUT2D eigenvalue weighted by molar-refractivity contribution is -0.384. The molecule has 1 aliphatic heterocycles. The zero-order valence-electron chi connectivity index (χ0n) is 13.7. The Bertz CT molecular complexity index is 846. The smallest absolute Gasteiger partial charge is 0.269 e. The van der Waals surface area contributed by atoms with Gasteiger partial charge in [-0.1, -0.05) is 6.07 Å². The number of non-ortho nitro benzene ring substituents is 1. The Morgan fingerprint density at radius 3 is 2.48 bits per heavy atom. The van der Waals surface area contributed by atoms with Crippen LogP contribution in [0, 0.1) is 10.1 Å². The van der Waals surface area contributed by atoms with Crippen LogP contribution < -0.4 is 5.32 Å². The molecule has 0 unspecified atom stereocenters. The number of fused-ring (bicyclic) bond motifs is 1. The Kier molecular flexibility index (Phi) is 4.47. The molecule has 25 heavy (non-hydrogen) atoms. The first-order valence-corrected chi connectivity index (χ1v) is 7.87. The van der Waals surface area contributed by atoms with Gasteiger partial charge in [0, 0.05) is 43.4 Å². The zero-order valence-corrected chi connectivity index (χ0v) is 13.7. The molecule has 0 radical (unpaired) electrons. The standard InChI is InChI=1S/C18H17N3O4/c1-12(22)20-9-8-13-2-5-16(10-15(13)11-20)19-18(23)14-3-6-17(7-4-14)21(24)25/h2-7,10H,8-9,11H2,1H3,(H,19,23). The summed E-state index contributed by atoms with van der Waals surface area (Å²) in [7, 11) is 0. The molecular formula is C18H17N3O4. The SMILES string of the molecule is CC(=O)N1CCc2ccc(NC(=O)c3ccc([N+](=O)[O-])cc3)cc2C1. The third-order valence-corrected chi connectivity index (χ3v) is 4.26. The molecule has 2 amide bonds. The summed E-state index contributed by atoms with van der Waals surface area (Å²) < 4.78 is 0. The molecule has 2 aromatic rings. The molecule has 128 valence electrons. The van der Waals surface area contributed by atoms with Crippen molar-refractivity contribution in [3.05, 3.63) is 69.3 Å². The second kappa shape index (κ2) is 6.72. The molecule has 0 bridgehead atoms. The second-order valence-electron chi connectivity index (χ2n) is 5.93. The summed E-state index contributed by atoms with van der Waals surface area (Å²) in [6, 6.07) is 11.1. The molecule has 0 saturated heterocycles. The van der Waals surface area contributed by atoms with E-state index in [2.05, 4.69) is 5.32 Å². The van der Waals surface area contributed by atoms with E-state index in [1.807, 2.05) is 18.2 Å². The van der Waals surface area contributed by atoms with Gasteiger partial charge in [-0.25, -0.2) is 0 Å². The highest BCUT2D eigenvalue weighted by molar-refractivity contribution is 6.04. The van der Waals surface area contributed by atoms with Gasteiger partial charge in [0.1, 0.15) is 0 Å². The fourth-order valence-corrected chi connectivity index (χ4v) is 2.84. The maximum Gasteiger partial charge on any atom is 0.269 e. The molecule has 1 heterocycles. The van der Waals surface area contributed by atoms with Crippen LogP contribution in [0.15, 0.2) is 42.5 Å². The maximum atomic E-state index is 12.3. The molecule has 7 nitrogen and oxygen atoms in total. The van der Waals surface area contributed by atoms with E-state index in [9.17, 15) is 19.7 Å². The lowest BCUT2D eigenvalue weighted by Gasteiger charge is -2.28. The van der Waals surface area contributed by atoms with Gasteiger partial charge in [0.15, 0.2) is 0 Å². The summed E-state index contributed by atoms with van der Waals surface area (Å²) in [6.07, 6.45) is 0.797. The lowest BCUT2D eigenvalue weighted by Crippen LogP contribution is -2.34. The Morgan fingerprint density at radius 1 is 1.12 bits per heavy atom. The van der Waals surface area contributed by atoms with E-state index < -0.39 is 4.92 Å². The third kappa shape index (κ3) is 3.65. The summed E-state index contributed by atoms with van der Waals surface area (Å²) in [5, 5.41) is 13.4. The molecule has 0 saturated carbocycles. The van der Waals surface area contributed by atoms with Gasteiger partial charge in [0.05, 0.1) is 4.92 Å². The molecular weight excluding hydrogens is 322 g/mol. The van der Waals surface area contributed by atoms with Crippen molar-refractivity contribution >= 4 is 23.2 Å². The van der Waals surface area contributed by atoms with Crippen molar-refractivity contribution in [3.8, 4) is 0 Å². The number of amides is 2. The molecule has 0 fully saturated rings. The molecule has 3 rings (SSSR count). The zero-order chi connectivity index (χ0) is 18.0. The van der Waals surface area contributed by atoms with Crippen molar-refractivity contribution in [2.75, 3.05) is 11.9 Å². The van der Waals surface area contributed by atoms with E-state index in [0.717, 1.165) is 12.0 Å². The molecule has 0 aromatic heterocycles. The average Bonchev–Trinajstić information content (AvgIpc) is 2.61. The van der Waals surface area contributed by atoms with Gasteiger partial charge in [0.25, 0.3) is 11.6 Å². The van der Waals surface area contributed by atoms with Gasteiger partial charge in [-0.05, 0) is 41.8 Å². The number of carbonyl (C=O) groups is 2. The van der Waals surface area contributed by atoms with Crippen LogP contribution in [0.25, 0.3) is 0 Å². The minimum Gasteiger partial charge on any atom is -0.338 e. The van der Waals surface area contributed by atoms with Crippen molar-refractivity contribution in [3.63, 3.8) is 0 Å². The topological polar surface area (TPSA) is 92.6 Å². The molecule has 1 aliphatic rings. The first kappa shape index (κ1) is 16.6. The predicted octanol–water partition coefficient (Wildman–Crippen LogP) is 2.75. The van der Waals surface area contributed by atoms with Gasteiger partial charge in [-0.15, -0.1) is 0 Å². The van der Waals surface area contributed by atoms with Gasteiger partial charge < -0.3 is 10.2 Å². The average molecular weight is 339 g/mol. The summed E-state index contributed by atoms with van der Waals surface area (Å²) in [4.78, 5) is 35.8. The summed E-state index contributed by atoms with van der Waals surface area (Å²) >= 11 is 0. The van der Waals surface area contributed by atoms with Gasteiger partial charge >= 0.3 is 0 Å². The van der Waals surface area contributed by atoms with Crippen LogP contribution in [0.3, 0.4) is 0 Å². The minimum atomic E-state index is -0.508. The Labute approximate surface area is 144 Å². The lowest BCUT2D eigenvalue weighted by atomic mass is 9.99. The Morgan fingerprint density at radius 2 is 1.84 bits per heavy atom. The van der Waals surface area contributed by atoms with Crippen LogP contribution in [0.5, 0.6) is 0 Å². The second-order valence-corrected chi connectivity index (χ2v) is 5.93. The Balaban J connectivity index is 1.75. The van der Waals surface area contributed by atoms with E-state index in [1.165, 1.54) is 29.8 Å². The maximum absolute atomic E-state index is 12.3. The number of nitrogens with zero attached hydrogens (tertiary/aromatic N) is 2.